The monoisotopic (exact) mass is 236 g/mol. The third kappa shape index (κ3) is 1.79. The van der Waals surface area contributed by atoms with Crippen LogP contribution in [-0.2, 0) is 5.60 Å². The van der Waals surface area contributed by atoms with E-state index in [1.54, 1.807) is 13.1 Å². The van der Waals surface area contributed by atoms with Crippen molar-refractivity contribution in [3.05, 3.63) is 40.5 Å². The maximum Gasteiger partial charge on any atom is 0.238 e. The molecule has 5 heteroatoms. The van der Waals surface area contributed by atoms with Crippen LogP contribution in [0.5, 0.6) is 5.88 Å². The molecule has 0 aliphatic heterocycles. The lowest BCUT2D eigenvalue weighted by Gasteiger charge is -2.22. The number of nitrogens with zero attached hydrogens (tertiary/aromatic N) is 2. The molecule has 0 saturated heterocycles. The van der Waals surface area contributed by atoms with E-state index in [1.165, 1.54) is 24.6 Å². The van der Waals surface area contributed by atoms with Gasteiger partial charge in [-0.15, -0.1) is 11.3 Å². The van der Waals surface area contributed by atoms with E-state index in [0.29, 0.717) is 11.6 Å². The number of ether oxygens (including phenoxy) is 1. The smallest absolute Gasteiger partial charge is 0.238 e. The summed E-state index contributed by atoms with van der Waals surface area (Å²) in [6.07, 6.45) is 3.08. The highest BCUT2D eigenvalue weighted by molar-refractivity contribution is 7.10. The van der Waals surface area contributed by atoms with E-state index in [0.717, 1.165) is 4.88 Å². The van der Waals surface area contributed by atoms with Crippen molar-refractivity contribution in [3.8, 4) is 5.88 Å². The lowest BCUT2D eigenvalue weighted by Crippen LogP contribution is -2.24. The predicted octanol–water partition coefficient (Wildman–Crippen LogP) is 1.80. The van der Waals surface area contributed by atoms with Crippen LogP contribution in [0.15, 0.2) is 29.9 Å². The predicted molar refractivity (Wildman–Crippen MR) is 61.6 cm³/mol. The quantitative estimate of drug-likeness (QED) is 0.883. The molecule has 1 N–H and O–H groups in total. The minimum atomic E-state index is -1.17. The van der Waals surface area contributed by atoms with Gasteiger partial charge in [-0.3, -0.25) is 4.98 Å². The topological polar surface area (TPSA) is 55.2 Å². The first-order chi connectivity index (χ1) is 7.66. The molecule has 2 rings (SSSR count). The summed E-state index contributed by atoms with van der Waals surface area (Å²) in [5.74, 6) is 0.348. The molecule has 0 aliphatic carbocycles. The van der Waals surface area contributed by atoms with Crippen molar-refractivity contribution in [1.29, 1.82) is 0 Å². The minimum Gasteiger partial charge on any atom is -0.480 e. The highest BCUT2D eigenvalue weighted by Crippen LogP contribution is 2.34. The van der Waals surface area contributed by atoms with E-state index in [1.807, 2.05) is 17.5 Å². The number of hydrogen-bond acceptors (Lipinski definition) is 5. The lowest BCUT2D eigenvalue weighted by molar-refractivity contribution is 0.0968. The first-order valence-corrected chi connectivity index (χ1v) is 5.66. The summed E-state index contributed by atoms with van der Waals surface area (Å²) >= 11 is 1.47. The van der Waals surface area contributed by atoms with E-state index in [2.05, 4.69) is 9.97 Å². The fraction of sp³-hybridized carbons (Fsp3) is 0.273. The highest BCUT2D eigenvalue weighted by Gasteiger charge is 2.32. The first-order valence-electron chi connectivity index (χ1n) is 4.78. The second kappa shape index (κ2) is 4.19. The molecule has 2 aromatic rings. The molecule has 0 spiro atoms. The maximum absolute atomic E-state index is 10.5. The van der Waals surface area contributed by atoms with Gasteiger partial charge in [0.2, 0.25) is 5.88 Å². The summed E-state index contributed by atoms with van der Waals surface area (Å²) in [6.45, 7) is 1.69. The maximum atomic E-state index is 10.5. The van der Waals surface area contributed by atoms with Gasteiger partial charge in [0.1, 0.15) is 11.3 Å². The summed E-state index contributed by atoms with van der Waals surface area (Å²) in [5.41, 5.74) is -0.742. The normalized spacial score (nSPS) is 14.4. The fourth-order valence-electron chi connectivity index (χ4n) is 1.48. The van der Waals surface area contributed by atoms with Crippen molar-refractivity contribution < 1.29 is 9.84 Å². The molecule has 1 unspecified atom stereocenters. The van der Waals surface area contributed by atoms with Crippen molar-refractivity contribution in [3.63, 3.8) is 0 Å². The largest absolute Gasteiger partial charge is 0.480 e. The van der Waals surface area contributed by atoms with Gasteiger partial charge < -0.3 is 9.84 Å². The highest BCUT2D eigenvalue weighted by atomic mass is 32.1. The van der Waals surface area contributed by atoms with E-state index in [4.69, 9.17) is 4.74 Å². The van der Waals surface area contributed by atoms with Gasteiger partial charge in [-0.25, -0.2) is 4.98 Å². The molecule has 0 radical (unpaired) electrons. The molecule has 2 aromatic heterocycles. The fourth-order valence-corrected chi connectivity index (χ4v) is 2.27. The SMILES string of the molecule is COc1nccnc1C(C)(O)c1cccs1. The van der Waals surface area contributed by atoms with Crippen molar-refractivity contribution >= 4 is 11.3 Å². The van der Waals surface area contributed by atoms with Crippen LogP contribution in [0.1, 0.15) is 17.5 Å². The second-order valence-electron chi connectivity index (χ2n) is 3.46. The Morgan fingerprint density at radius 1 is 1.38 bits per heavy atom. The van der Waals surface area contributed by atoms with Crippen LogP contribution in [0.2, 0.25) is 0 Å². The van der Waals surface area contributed by atoms with Crippen LogP contribution >= 0.6 is 11.3 Å². The molecular weight excluding hydrogens is 224 g/mol. The average Bonchev–Trinajstić information content (AvgIpc) is 2.83. The van der Waals surface area contributed by atoms with Crippen LogP contribution < -0.4 is 4.74 Å². The lowest BCUT2D eigenvalue weighted by atomic mass is 10.0. The molecule has 16 heavy (non-hydrogen) atoms. The third-order valence-corrected chi connectivity index (χ3v) is 3.40. The molecular formula is C11H12N2O2S. The number of aromatic nitrogens is 2. The van der Waals surface area contributed by atoms with E-state index in [-0.39, 0.29) is 0 Å². The summed E-state index contributed by atoms with van der Waals surface area (Å²) in [5, 5.41) is 12.4. The van der Waals surface area contributed by atoms with Crippen molar-refractivity contribution in [1.82, 2.24) is 9.97 Å². The van der Waals surface area contributed by atoms with Gasteiger partial charge in [-0.1, -0.05) is 6.07 Å². The van der Waals surface area contributed by atoms with Crippen LogP contribution in [0, 0.1) is 0 Å². The van der Waals surface area contributed by atoms with Crippen molar-refractivity contribution in [2.45, 2.75) is 12.5 Å². The third-order valence-electron chi connectivity index (χ3n) is 2.32. The Hall–Kier alpha value is -1.46. The summed E-state index contributed by atoms with van der Waals surface area (Å²) < 4.78 is 5.10. The van der Waals surface area contributed by atoms with Crippen LogP contribution in [-0.4, -0.2) is 22.2 Å². The summed E-state index contributed by atoms with van der Waals surface area (Å²) in [7, 11) is 1.51. The standard InChI is InChI=1S/C11H12N2O2S/c1-11(14,8-4-3-7-16-8)9-10(15-2)13-6-5-12-9/h3-7,14H,1-2H3. The van der Waals surface area contributed by atoms with Crippen LogP contribution in [0.3, 0.4) is 0 Å². The molecule has 1 atom stereocenters. The Morgan fingerprint density at radius 2 is 2.12 bits per heavy atom. The van der Waals surface area contributed by atoms with E-state index >= 15 is 0 Å². The second-order valence-corrected chi connectivity index (χ2v) is 4.41. The van der Waals surface area contributed by atoms with Crippen LogP contribution in [0.4, 0.5) is 0 Å². The number of thiophene rings is 1. The van der Waals surface area contributed by atoms with E-state index < -0.39 is 5.60 Å². The zero-order valence-electron chi connectivity index (χ0n) is 9.04. The molecule has 0 aromatic carbocycles. The zero-order valence-corrected chi connectivity index (χ0v) is 9.86. The molecule has 0 bridgehead atoms. The number of rotatable bonds is 3. The molecule has 84 valence electrons. The Kier molecular flexibility index (Phi) is 2.89. The van der Waals surface area contributed by atoms with Gasteiger partial charge in [0.05, 0.1) is 7.11 Å². The number of methoxy groups -OCH3 is 1. The van der Waals surface area contributed by atoms with Gasteiger partial charge in [0.25, 0.3) is 0 Å². The average molecular weight is 236 g/mol. The van der Waals surface area contributed by atoms with Crippen molar-refractivity contribution in [2.24, 2.45) is 0 Å². The molecule has 0 aliphatic rings. The summed E-state index contributed by atoms with van der Waals surface area (Å²) in [4.78, 5) is 8.99. The Labute approximate surface area is 97.6 Å². The number of aliphatic hydroxyl groups is 1. The van der Waals surface area contributed by atoms with Crippen LogP contribution in [0.25, 0.3) is 0 Å². The Balaban J connectivity index is 2.51. The van der Waals surface area contributed by atoms with Gasteiger partial charge in [-0.2, -0.15) is 0 Å². The molecule has 0 saturated carbocycles. The Morgan fingerprint density at radius 3 is 2.75 bits per heavy atom. The van der Waals surface area contributed by atoms with E-state index in [9.17, 15) is 5.11 Å². The summed E-state index contributed by atoms with van der Waals surface area (Å²) in [6, 6.07) is 3.75. The minimum absolute atomic E-state index is 0.348. The van der Waals surface area contributed by atoms with Gasteiger partial charge in [-0.05, 0) is 18.4 Å². The van der Waals surface area contributed by atoms with Gasteiger partial charge in [0, 0.05) is 17.3 Å². The van der Waals surface area contributed by atoms with Gasteiger partial charge >= 0.3 is 0 Å². The Bertz CT molecular complexity index is 469. The zero-order chi connectivity index (χ0) is 11.6. The number of hydrogen-bond donors (Lipinski definition) is 1. The van der Waals surface area contributed by atoms with Gasteiger partial charge in [0.15, 0.2) is 0 Å². The van der Waals surface area contributed by atoms with Crippen molar-refractivity contribution in [2.75, 3.05) is 7.11 Å². The molecule has 2 heterocycles. The first kappa shape index (κ1) is 11.0. The molecule has 0 fully saturated rings. The molecule has 0 amide bonds. The molecule has 4 nitrogen and oxygen atoms in total.